The van der Waals surface area contributed by atoms with E-state index in [1.165, 1.54) is 12.1 Å². The van der Waals surface area contributed by atoms with Gasteiger partial charge in [-0.05, 0) is 60.9 Å². The minimum Gasteiger partial charge on any atom is -0.361 e. The van der Waals surface area contributed by atoms with Crippen LogP contribution in [0.3, 0.4) is 0 Å². The molecule has 0 aliphatic heterocycles. The average molecular weight is 373 g/mol. The van der Waals surface area contributed by atoms with Crippen LogP contribution in [0.1, 0.15) is 18.4 Å². The first-order valence-electron chi connectivity index (χ1n) is 7.43. The molecule has 0 radical (unpaired) electrons. The van der Waals surface area contributed by atoms with Crippen LogP contribution in [0.25, 0.3) is 10.9 Å². The van der Waals surface area contributed by atoms with E-state index in [0.29, 0.717) is 0 Å². The maximum Gasteiger partial charge on any atom is 0.235 e. The number of anilines is 1. The van der Waals surface area contributed by atoms with Crippen molar-refractivity contribution in [1.82, 2.24) is 4.98 Å². The standard InChI is InChI=1S/C18H14BrFN2O/c19-11-1-4-13(5-2-11)22-17(23)18(7-8-18)15-10-21-16-9-12(20)3-6-14(15)16/h1-6,9-10,21H,7-8H2,(H,22,23). The van der Waals surface area contributed by atoms with Crippen molar-refractivity contribution in [3.05, 3.63) is 64.5 Å². The van der Waals surface area contributed by atoms with Gasteiger partial charge in [-0.3, -0.25) is 4.79 Å². The molecule has 0 spiro atoms. The highest BCUT2D eigenvalue weighted by Crippen LogP contribution is 2.51. The van der Waals surface area contributed by atoms with Gasteiger partial charge in [0.1, 0.15) is 5.82 Å². The molecule has 2 aromatic carbocycles. The Kier molecular flexibility index (Phi) is 3.27. The van der Waals surface area contributed by atoms with Gasteiger partial charge in [0.25, 0.3) is 0 Å². The van der Waals surface area contributed by atoms with Crippen molar-refractivity contribution in [3.63, 3.8) is 0 Å². The first kappa shape index (κ1) is 14.5. The van der Waals surface area contributed by atoms with Gasteiger partial charge in [-0.2, -0.15) is 0 Å². The monoisotopic (exact) mass is 372 g/mol. The van der Waals surface area contributed by atoms with E-state index in [-0.39, 0.29) is 11.7 Å². The number of hydrogen-bond acceptors (Lipinski definition) is 1. The summed E-state index contributed by atoms with van der Waals surface area (Å²) in [6.45, 7) is 0. The zero-order valence-corrected chi connectivity index (χ0v) is 13.8. The minimum absolute atomic E-state index is 0.00922. The van der Waals surface area contributed by atoms with Crippen molar-refractivity contribution < 1.29 is 9.18 Å². The lowest BCUT2D eigenvalue weighted by Gasteiger charge is -2.15. The Hall–Kier alpha value is -2.14. The predicted molar refractivity (Wildman–Crippen MR) is 91.9 cm³/mol. The molecular weight excluding hydrogens is 359 g/mol. The van der Waals surface area contributed by atoms with Crippen LogP contribution in [-0.2, 0) is 10.2 Å². The molecule has 1 amide bonds. The normalized spacial score (nSPS) is 15.6. The Balaban J connectivity index is 1.66. The number of benzene rings is 2. The lowest BCUT2D eigenvalue weighted by molar-refractivity contribution is -0.118. The maximum atomic E-state index is 13.3. The average Bonchev–Trinajstić information content (AvgIpc) is 3.24. The molecule has 116 valence electrons. The molecule has 1 aromatic heterocycles. The molecule has 3 aromatic rings. The topological polar surface area (TPSA) is 44.9 Å². The molecule has 0 bridgehead atoms. The number of rotatable bonds is 3. The summed E-state index contributed by atoms with van der Waals surface area (Å²) in [6.07, 6.45) is 3.44. The first-order chi connectivity index (χ1) is 11.1. The minimum atomic E-state index is -0.511. The van der Waals surface area contributed by atoms with Gasteiger partial charge >= 0.3 is 0 Å². The Morgan fingerprint density at radius 1 is 1.17 bits per heavy atom. The molecule has 1 saturated carbocycles. The summed E-state index contributed by atoms with van der Waals surface area (Å²) in [4.78, 5) is 15.9. The van der Waals surface area contributed by atoms with Crippen LogP contribution in [0.4, 0.5) is 10.1 Å². The largest absolute Gasteiger partial charge is 0.361 e. The lowest BCUT2D eigenvalue weighted by Crippen LogP contribution is -2.27. The lowest BCUT2D eigenvalue weighted by atomic mass is 9.94. The third-order valence-electron chi connectivity index (χ3n) is 4.45. The van der Waals surface area contributed by atoms with Gasteiger partial charge in [-0.25, -0.2) is 4.39 Å². The highest BCUT2D eigenvalue weighted by Gasteiger charge is 2.52. The molecule has 1 aliphatic carbocycles. The van der Waals surface area contributed by atoms with Crippen molar-refractivity contribution in [1.29, 1.82) is 0 Å². The van der Waals surface area contributed by atoms with Gasteiger partial charge in [0.15, 0.2) is 0 Å². The number of carbonyl (C=O) groups excluding carboxylic acids is 1. The maximum absolute atomic E-state index is 13.3. The van der Waals surface area contributed by atoms with Crippen LogP contribution < -0.4 is 5.32 Å². The Morgan fingerprint density at radius 2 is 1.91 bits per heavy atom. The molecule has 2 N–H and O–H groups in total. The number of aromatic nitrogens is 1. The van der Waals surface area contributed by atoms with Crippen molar-refractivity contribution in [2.75, 3.05) is 5.32 Å². The van der Waals surface area contributed by atoms with E-state index >= 15 is 0 Å². The van der Waals surface area contributed by atoms with Gasteiger partial charge in [0.2, 0.25) is 5.91 Å². The predicted octanol–water partition coefficient (Wildman–Crippen LogP) is 4.74. The second-order valence-electron chi connectivity index (χ2n) is 5.94. The van der Waals surface area contributed by atoms with E-state index in [4.69, 9.17) is 0 Å². The molecule has 0 atom stereocenters. The molecule has 0 unspecified atom stereocenters. The second kappa shape index (κ2) is 5.20. The van der Waals surface area contributed by atoms with Crippen LogP contribution in [0.2, 0.25) is 0 Å². The Morgan fingerprint density at radius 3 is 2.61 bits per heavy atom. The molecule has 1 fully saturated rings. The summed E-state index contributed by atoms with van der Waals surface area (Å²) >= 11 is 3.38. The number of H-pyrrole nitrogens is 1. The Bertz CT molecular complexity index is 897. The summed E-state index contributed by atoms with van der Waals surface area (Å²) in [5, 5.41) is 3.90. The zero-order valence-electron chi connectivity index (χ0n) is 12.2. The second-order valence-corrected chi connectivity index (χ2v) is 6.85. The van der Waals surface area contributed by atoms with E-state index in [9.17, 15) is 9.18 Å². The molecule has 23 heavy (non-hydrogen) atoms. The molecule has 4 rings (SSSR count). The molecular formula is C18H14BrFN2O. The molecule has 0 saturated heterocycles. The van der Waals surface area contributed by atoms with E-state index in [2.05, 4.69) is 26.2 Å². The molecule has 5 heteroatoms. The van der Waals surface area contributed by atoms with Crippen LogP contribution in [-0.4, -0.2) is 10.9 Å². The van der Waals surface area contributed by atoms with Gasteiger partial charge in [-0.1, -0.05) is 15.9 Å². The highest BCUT2D eigenvalue weighted by atomic mass is 79.9. The number of fused-ring (bicyclic) bond motifs is 1. The summed E-state index contributed by atoms with van der Waals surface area (Å²) < 4.78 is 14.3. The zero-order chi connectivity index (χ0) is 16.0. The van der Waals surface area contributed by atoms with Crippen molar-refractivity contribution in [3.8, 4) is 0 Å². The smallest absolute Gasteiger partial charge is 0.235 e. The highest BCUT2D eigenvalue weighted by molar-refractivity contribution is 9.10. The van der Waals surface area contributed by atoms with Crippen LogP contribution in [0.15, 0.2) is 53.1 Å². The fraction of sp³-hybridized carbons (Fsp3) is 0.167. The van der Waals surface area contributed by atoms with E-state index in [0.717, 1.165) is 39.5 Å². The SMILES string of the molecule is O=C(Nc1ccc(Br)cc1)C1(c2c[nH]c3cc(F)ccc23)CC1. The summed E-state index contributed by atoms with van der Waals surface area (Å²) in [5.41, 5.74) is 1.93. The van der Waals surface area contributed by atoms with Crippen molar-refractivity contribution in [2.24, 2.45) is 0 Å². The summed E-state index contributed by atoms with van der Waals surface area (Å²) in [6, 6.07) is 12.1. The van der Waals surface area contributed by atoms with Gasteiger partial charge in [-0.15, -0.1) is 0 Å². The number of aromatic amines is 1. The summed E-state index contributed by atoms with van der Waals surface area (Å²) in [7, 11) is 0. The van der Waals surface area contributed by atoms with Crippen LogP contribution in [0, 0.1) is 5.82 Å². The number of nitrogens with one attached hydrogen (secondary N) is 2. The quantitative estimate of drug-likeness (QED) is 0.685. The number of amides is 1. The third kappa shape index (κ3) is 2.45. The fourth-order valence-electron chi connectivity index (χ4n) is 3.02. The van der Waals surface area contributed by atoms with Gasteiger partial charge in [0.05, 0.1) is 5.41 Å². The third-order valence-corrected chi connectivity index (χ3v) is 4.97. The van der Waals surface area contributed by atoms with Crippen LogP contribution in [0.5, 0.6) is 0 Å². The fourth-order valence-corrected chi connectivity index (χ4v) is 3.29. The Labute approximate surface area is 141 Å². The van der Waals surface area contributed by atoms with Crippen molar-refractivity contribution >= 4 is 38.4 Å². The van der Waals surface area contributed by atoms with E-state index in [1.54, 1.807) is 6.07 Å². The molecule has 1 heterocycles. The number of carbonyl (C=O) groups is 1. The van der Waals surface area contributed by atoms with Crippen LogP contribution >= 0.6 is 15.9 Å². The van der Waals surface area contributed by atoms with E-state index < -0.39 is 5.41 Å². The van der Waals surface area contributed by atoms with E-state index in [1.807, 2.05) is 30.5 Å². The molecule has 3 nitrogen and oxygen atoms in total. The number of halogens is 2. The summed E-state index contributed by atoms with van der Waals surface area (Å²) in [5.74, 6) is -0.292. The van der Waals surface area contributed by atoms with Gasteiger partial charge in [0, 0.05) is 27.3 Å². The van der Waals surface area contributed by atoms with Crippen molar-refractivity contribution in [2.45, 2.75) is 18.3 Å². The molecule has 1 aliphatic rings. The van der Waals surface area contributed by atoms with Gasteiger partial charge < -0.3 is 10.3 Å². The number of hydrogen-bond donors (Lipinski definition) is 2. The first-order valence-corrected chi connectivity index (χ1v) is 8.22.